The van der Waals surface area contributed by atoms with Gasteiger partial charge in [-0.05, 0) is 83.4 Å². The molecule has 16 aromatic rings. The van der Waals surface area contributed by atoms with Gasteiger partial charge in [0, 0.05) is 74.7 Å². The van der Waals surface area contributed by atoms with Crippen LogP contribution in [-0.4, -0.2) is 24.1 Å². The van der Waals surface area contributed by atoms with E-state index in [2.05, 4.69) is 240 Å². The minimum Gasteiger partial charge on any atom is -0.456 e. The second kappa shape index (κ2) is 16.8. The molecule has 354 valence electrons. The standard InChI is InChI=1S/C69H41N5OS/c1-3-19-42(20-4-1)45-23-7-11-33-56(45)73-57-34-12-9-25-48(57)51-29-17-36-59(65(51)73)74-58-35-13-8-24-47(58)50-28-15-31-53(64(50)74)68-70-67(44-39-40-61-55(41-44)49-26-10-14-37-60(49)75-61)71-69(72-68)54-32-16-30-52-63-46(43-21-5-2-6-22-43)27-18-38-62(63)76-66(52)54/h1-41H. The number of para-hydroxylation sites is 6. The molecule has 5 heterocycles. The molecule has 7 heteroatoms. The van der Waals surface area contributed by atoms with Crippen LogP contribution in [0.3, 0.4) is 0 Å². The fraction of sp³-hybridized carbons (Fsp3) is 0. The SMILES string of the molecule is c1ccc(-c2ccccc2-n2c3ccccc3c3cccc(-n4c5ccccc5c5cccc(-c6nc(-c7ccc8oc9ccccc9c8c7)nc(-c7cccc8c7sc7cccc(-c9ccccc9)c78)n6)c54)c32)cc1. The minimum absolute atomic E-state index is 0.578. The number of hydrogen-bond donors (Lipinski definition) is 0. The van der Waals surface area contributed by atoms with Gasteiger partial charge in [-0.1, -0.05) is 182 Å². The monoisotopic (exact) mass is 987 g/mol. The van der Waals surface area contributed by atoms with Crippen LogP contribution >= 0.6 is 11.3 Å². The molecule has 16 rings (SSSR count). The molecule has 5 aromatic heterocycles. The molecule has 76 heavy (non-hydrogen) atoms. The van der Waals surface area contributed by atoms with Gasteiger partial charge in [0.05, 0.1) is 33.4 Å². The van der Waals surface area contributed by atoms with E-state index in [1.165, 1.54) is 32.0 Å². The van der Waals surface area contributed by atoms with Crippen LogP contribution in [0.15, 0.2) is 253 Å². The number of thiophene rings is 1. The minimum atomic E-state index is 0.578. The highest BCUT2D eigenvalue weighted by Crippen LogP contribution is 2.46. The van der Waals surface area contributed by atoms with Gasteiger partial charge in [-0.3, -0.25) is 0 Å². The fourth-order valence-electron chi connectivity index (χ4n) is 11.9. The largest absolute Gasteiger partial charge is 0.456 e. The summed E-state index contributed by atoms with van der Waals surface area (Å²) in [7, 11) is 0. The molecule has 0 aliphatic rings. The van der Waals surface area contributed by atoms with Crippen molar-refractivity contribution >= 4 is 97.1 Å². The first-order valence-electron chi connectivity index (χ1n) is 25.6. The summed E-state index contributed by atoms with van der Waals surface area (Å²) in [6, 6.07) is 88.6. The third kappa shape index (κ3) is 6.43. The average molecular weight is 988 g/mol. The van der Waals surface area contributed by atoms with Gasteiger partial charge in [0.15, 0.2) is 17.5 Å². The predicted octanol–water partition coefficient (Wildman–Crippen LogP) is 18.7. The zero-order valence-corrected chi connectivity index (χ0v) is 41.5. The quantitative estimate of drug-likeness (QED) is 0.160. The van der Waals surface area contributed by atoms with E-state index in [0.29, 0.717) is 17.5 Å². The summed E-state index contributed by atoms with van der Waals surface area (Å²) < 4.78 is 13.6. The summed E-state index contributed by atoms with van der Waals surface area (Å²) in [5.41, 5.74) is 15.6. The topological polar surface area (TPSA) is 61.7 Å². The molecule has 11 aromatic carbocycles. The summed E-state index contributed by atoms with van der Waals surface area (Å²) in [4.78, 5) is 16.6. The number of furan rings is 1. The lowest BCUT2D eigenvalue weighted by atomic mass is 9.99. The average Bonchev–Trinajstić information content (AvgIpc) is 4.34. The molecule has 0 atom stereocenters. The molecule has 0 aliphatic heterocycles. The molecule has 0 amide bonds. The molecule has 0 spiro atoms. The fourth-order valence-corrected chi connectivity index (χ4v) is 13.1. The molecule has 0 unspecified atom stereocenters. The number of nitrogens with zero attached hydrogens (tertiary/aromatic N) is 5. The van der Waals surface area contributed by atoms with Gasteiger partial charge in [-0.2, -0.15) is 0 Å². The Bertz CT molecular complexity index is 5010. The molecule has 0 bridgehead atoms. The second-order valence-electron chi connectivity index (χ2n) is 19.4. The van der Waals surface area contributed by atoms with E-state index in [9.17, 15) is 0 Å². The number of fused-ring (bicyclic) bond motifs is 12. The number of rotatable bonds is 7. The predicted molar refractivity (Wildman–Crippen MR) is 316 cm³/mol. The van der Waals surface area contributed by atoms with E-state index in [1.807, 2.05) is 18.2 Å². The molecule has 0 radical (unpaired) electrons. The van der Waals surface area contributed by atoms with Crippen molar-refractivity contribution in [1.82, 2.24) is 24.1 Å². The van der Waals surface area contributed by atoms with Gasteiger partial charge in [0.25, 0.3) is 0 Å². The number of benzene rings is 11. The Balaban J connectivity index is 0.992. The first kappa shape index (κ1) is 42.5. The lowest BCUT2D eigenvalue weighted by Crippen LogP contribution is -2.04. The first-order valence-corrected chi connectivity index (χ1v) is 26.4. The summed E-state index contributed by atoms with van der Waals surface area (Å²) in [5.74, 6) is 1.77. The maximum absolute atomic E-state index is 6.34. The van der Waals surface area contributed by atoms with Crippen molar-refractivity contribution in [2.75, 3.05) is 0 Å². The van der Waals surface area contributed by atoms with E-state index < -0.39 is 0 Å². The van der Waals surface area contributed by atoms with Crippen molar-refractivity contribution in [1.29, 1.82) is 0 Å². The van der Waals surface area contributed by atoms with Gasteiger partial charge in [0.2, 0.25) is 0 Å². The first-order chi connectivity index (χ1) is 37.7. The highest BCUT2D eigenvalue weighted by Gasteiger charge is 2.25. The summed E-state index contributed by atoms with van der Waals surface area (Å²) in [5, 5.41) is 9.05. The number of hydrogen-bond acceptors (Lipinski definition) is 5. The highest BCUT2D eigenvalue weighted by molar-refractivity contribution is 7.26. The van der Waals surface area contributed by atoms with Crippen LogP contribution in [0, 0.1) is 0 Å². The van der Waals surface area contributed by atoms with Crippen LogP contribution in [0.1, 0.15) is 0 Å². The Hall–Kier alpha value is -9.95. The summed E-state index contributed by atoms with van der Waals surface area (Å²) in [6.45, 7) is 0. The van der Waals surface area contributed by atoms with Gasteiger partial charge in [0.1, 0.15) is 11.2 Å². The summed E-state index contributed by atoms with van der Waals surface area (Å²) in [6.07, 6.45) is 0. The molecule has 0 aliphatic carbocycles. The normalized spacial score (nSPS) is 11.9. The van der Waals surface area contributed by atoms with Gasteiger partial charge < -0.3 is 13.6 Å². The third-order valence-electron chi connectivity index (χ3n) is 15.2. The van der Waals surface area contributed by atoms with Gasteiger partial charge in [-0.15, -0.1) is 11.3 Å². The molecular weight excluding hydrogens is 947 g/mol. The Labute approximate surface area is 439 Å². The van der Waals surface area contributed by atoms with Gasteiger partial charge in [-0.25, -0.2) is 15.0 Å². The zero-order chi connectivity index (χ0) is 49.8. The Morgan fingerprint density at radius 2 is 0.829 bits per heavy atom. The smallest absolute Gasteiger partial charge is 0.166 e. The van der Waals surface area contributed by atoms with Gasteiger partial charge >= 0.3 is 0 Å². The van der Waals surface area contributed by atoms with Crippen molar-refractivity contribution in [3.63, 3.8) is 0 Å². The molecular formula is C69H41N5OS. The van der Waals surface area contributed by atoms with Crippen molar-refractivity contribution in [2.24, 2.45) is 0 Å². The maximum atomic E-state index is 6.34. The Morgan fingerprint density at radius 1 is 0.316 bits per heavy atom. The van der Waals surface area contributed by atoms with Crippen LogP contribution in [-0.2, 0) is 0 Å². The second-order valence-corrected chi connectivity index (χ2v) is 20.5. The van der Waals surface area contributed by atoms with E-state index in [0.717, 1.165) is 104 Å². The van der Waals surface area contributed by atoms with Crippen LogP contribution < -0.4 is 0 Å². The van der Waals surface area contributed by atoms with Crippen LogP contribution in [0.2, 0.25) is 0 Å². The van der Waals surface area contributed by atoms with E-state index >= 15 is 0 Å². The Morgan fingerprint density at radius 3 is 1.61 bits per heavy atom. The van der Waals surface area contributed by atoms with Crippen LogP contribution in [0.5, 0.6) is 0 Å². The molecule has 0 fully saturated rings. The lowest BCUT2D eigenvalue weighted by Gasteiger charge is -2.18. The third-order valence-corrected chi connectivity index (χ3v) is 16.4. The van der Waals surface area contributed by atoms with Crippen molar-refractivity contribution in [2.45, 2.75) is 0 Å². The van der Waals surface area contributed by atoms with E-state index in [4.69, 9.17) is 19.4 Å². The van der Waals surface area contributed by atoms with E-state index in [-0.39, 0.29) is 0 Å². The molecule has 0 N–H and O–H groups in total. The van der Waals surface area contributed by atoms with Crippen molar-refractivity contribution < 1.29 is 4.42 Å². The van der Waals surface area contributed by atoms with Crippen molar-refractivity contribution in [3.05, 3.63) is 249 Å². The molecule has 0 saturated carbocycles. The molecule has 0 saturated heterocycles. The van der Waals surface area contributed by atoms with E-state index in [1.54, 1.807) is 11.3 Å². The highest BCUT2D eigenvalue weighted by atomic mass is 32.1. The molecule has 6 nitrogen and oxygen atoms in total. The maximum Gasteiger partial charge on any atom is 0.166 e. The summed E-state index contributed by atoms with van der Waals surface area (Å²) >= 11 is 1.79. The number of aromatic nitrogens is 5. The zero-order valence-electron chi connectivity index (χ0n) is 40.7. The Kier molecular flexibility index (Phi) is 9.40. The lowest BCUT2D eigenvalue weighted by molar-refractivity contribution is 0.669. The van der Waals surface area contributed by atoms with Crippen molar-refractivity contribution in [3.8, 4) is 67.8 Å². The van der Waals surface area contributed by atoms with Crippen LogP contribution in [0.4, 0.5) is 0 Å². The van der Waals surface area contributed by atoms with Crippen LogP contribution in [0.25, 0.3) is 154 Å².